The minimum absolute atomic E-state index is 0.334. The molecule has 0 spiro atoms. The quantitative estimate of drug-likeness (QED) is 0.590. The minimum Gasteiger partial charge on any atom is -0.244 e. The van der Waals surface area contributed by atoms with Gasteiger partial charge in [0.05, 0.1) is 0 Å². The average molecular weight is 194 g/mol. The van der Waals surface area contributed by atoms with Crippen molar-refractivity contribution in [1.82, 2.24) is 0 Å². The Morgan fingerprint density at radius 3 is 2.21 bits per heavy atom. The predicted octanol–water partition coefficient (Wildman–Crippen LogP) is 4.20. The Bertz CT molecular complexity index is 286. The molecule has 1 aliphatic rings. The van der Waals surface area contributed by atoms with Crippen LogP contribution in [0.4, 0.5) is 4.39 Å². The van der Waals surface area contributed by atoms with Crippen LogP contribution in [0.1, 0.15) is 33.6 Å². The smallest absolute Gasteiger partial charge is 0.109 e. The zero-order valence-electron chi connectivity index (χ0n) is 9.36. The molecular weight excluding hydrogens is 175 g/mol. The lowest BCUT2D eigenvalue weighted by atomic mass is 9.69. The molecule has 78 valence electrons. The molecule has 1 aliphatic carbocycles. The number of hydrogen-bond acceptors (Lipinski definition) is 0. The molecule has 0 nitrogen and oxygen atoms in total. The van der Waals surface area contributed by atoms with Gasteiger partial charge in [0.25, 0.3) is 0 Å². The Balaban J connectivity index is 2.56. The molecule has 0 N–H and O–H groups in total. The van der Waals surface area contributed by atoms with Crippen LogP contribution in [0.15, 0.2) is 36.0 Å². The number of rotatable bonds is 3. The lowest BCUT2D eigenvalue weighted by molar-refractivity contribution is 0.0438. The van der Waals surface area contributed by atoms with Crippen LogP contribution in [-0.2, 0) is 0 Å². The summed E-state index contributed by atoms with van der Waals surface area (Å²) in [7, 11) is 0. The molecule has 0 atom stereocenters. The maximum absolute atomic E-state index is 13.3. The molecule has 0 aromatic rings. The van der Waals surface area contributed by atoms with E-state index in [-0.39, 0.29) is 0 Å². The molecule has 1 saturated carbocycles. The van der Waals surface area contributed by atoms with E-state index in [4.69, 9.17) is 0 Å². The maximum atomic E-state index is 13.3. The highest BCUT2D eigenvalue weighted by Gasteiger charge is 2.41. The first-order chi connectivity index (χ1) is 6.32. The topological polar surface area (TPSA) is 0 Å². The van der Waals surface area contributed by atoms with Gasteiger partial charge in [0, 0.05) is 0 Å². The van der Waals surface area contributed by atoms with Gasteiger partial charge in [-0.2, -0.15) is 0 Å². The Morgan fingerprint density at radius 1 is 1.36 bits per heavy atom. The summed E-state index contributed by atoms with van der Waals surface area (Å²) < 4.78 is 13.3. The summed E-state index contributed by atoms with van der Waals surface area (Å²) in [6.45, 7) is 13.5. The summed E-state index contributed by atoms with van der Waals surface area (Å²) in [5.74, 6) is 0.334. The van der Waals surface area contributed by atoms with Crippen LogP contribution in [-0.4, -0.2) is 5.67 Å². The van der Waals surface area contributed by atoms with Crippen molar-refractivity contribution in [3.05, 3.63) is 36.0 Å². The molecule has 1 fully saturated rings. The molecule has 0 aliphatic heterocycles. The SMILES string of the molecule is C=C(C)/C=C(/C)C(=C)C1CC(C)(F)C1. The summed E-state index contributed by atoms with van der Waals surface area (Å²) in [4.78, 5) is 0. The second-order valence-corrected chi connectivity index (χ2v) is 4.72. The van der Waals surface area contributed by atoms with Gasteiger partial charge in [0.2, 0.25) is 0 Å². The van der Waals surface area contributed by atoms with E-state index < -0.39 is 5.67 Å². The Hall–Kier alpha value is -0.850. The molecule has 0 saturated heterocycles. The first-order valence-corrected chi connectivity index (χ1v) is 5.04. The average Bonchev–Trinajstić information content (AvgIpc) is 1.97. The molecule has 0 unspecified atom stereocenters. The van der Waals surface area contributed by atoms with E-state index in [0.717, 1.165) is 16.7 Å². The van der Waals surface area contributed by atoms with E-state index in [0.29, 0.717) is 18.8 Å². The summed E-state index contributed by atoms with van der Waals surface area (Å²) in [5.41, 5.74) is 2.27. The number of allylic oxidation sites excluding steroid dienone is 4. The van der Waals surface area contributed by atoms with Crippen molar-refractivity contribution < 1.29 is 4.39 Å². The van der Waals surface area contributed by atoms with Crippen LogP contribution >= 0.6 is 0 Å². The normalized spacial score (nSPS) is 32.3. The fourth-order valence-electron chi connectivity index (χ4n) is 2.00. The lowest BCUT2D eigenvalue weighted by Gasteiger charge is -2.40. The summed E-state index contributed by atoms with van der Waals surface area (Å²) in [5, 5.41) is 0. The molecule has 0 bridgehead atoms. The van der Waals surface area contributed by atoms with E-state index in [9.17, 15) is 4.39 Å². The third-order valence-corrected chi connectivity index (χ3v) is 2.81. The lowest BCUT2D eigenvalue weighted by Crippen LogP contribution is -2.37. The van der Waals surface area contributed by atoms with Crippen molar-refractivity contribution in [2.75, 3.05) is 0 Å². The number of hydrogen-bond donors (Lipinski definition) is 0. The highest BCUT2D eigenvalue weighted by Crippen LogP contribution is 2.45. The molecule has 0 aromatic carbocycles. The van der Waals surface area contributed by atoms with Gasteiger partial charge < -0.3 is 0 Å². The van der Waals surface area contributed by atoms with Gasteiger partial charge in [-0.1, -0.05) is 24.8 Å². The highest BCUT2D eigenvalue weighted by molar-refractivity contribution is 5.35. The van der Waals surface area contributed by atoms with E-state index in [1.54, 1.807) is 6.92 Å². The van der Waals surface area contributed by atoms with Crippen molar-refractivity contribution in [3.63, 3.8) is 0 Å². The number of alkyl halides is 1. The molecule has 0 heterocycles. The molecule has 14 heavy (non-hydrogen) atoms. The van der Waals surface area contributed by atoms with Crippen LogP contribution in [0.3, 0.4) is 0 Å². The summed E-state index contributed by atoms with van der Waals surface area (Å²) >= 11 is 0. The third kappa shape index (κ3) is 2.57. The predicted molar refractivity (Wildman–Crippen MR) is 59.9 cm³/mol. The Labute approximate surface area is 86.2 Å². The largest absolute Gasteiger partial charge is 0.244 e. The Kier molecular flexibility index (Phi) is 2.98. The third-order valence-electron chi connectivity index (χ3n) is 2.81. The standard InChI is InChI=1S/C13H19F/c1-9(2)6-10(3)11(4)12-7-13(5,14)8-12/h6,12H,1,4,7-8H2,2-3,5H3/b10-6-. The van der Waals surface area contributed by atoms with Gasteiger partial charge in [-0.25, -0.2) is 4.39 Å². The van der Waals surface area contributed by atoms with Gasteiger partial charge >= 0.3 is 0 Å². The minimum atomic E-state index is -0.961. The van der Waals surface area contributed by atoms with E-state index >= 15 is 0 Å². The molecular formula is C13H19F. The van der Waals surface area contributed by atoms with Gasteiger partial charge in [0.1, 0.15) is 5.67 Å². The fraction of sp³-hybridized carbons (Fsp3) is 0.538. The van der Waals surface area contributed by atoms with Crippen molar-refractivity contribution in [1.29, 1.82) is 0 Å². The summed E-state index contributed by atoms with van der Waals surface area (Å²) in [6, 6.07) is 0. The molecule has 0 radical (unpaired) electrons. The van der Waals surface area contributed by atoms with Crippen LogP contribution < -0.4 is 0 Å². The molecule has 0 aromatic heterocycles. The second kappa shape index (κ2) is 3.72. The zero-order valence-corrected chi connectivity index (χ0v) is 9.36. The first kappa shape index (κ1) is 11.2. The molecule has 0 amide bonds. The van der Waals surface area contributed by atoms with Crippen molar-refractivity contribution in [2.45, 2.75) is 39.3 Å². The highest BCUT2D eigenvalue weighted by atomic mass is 19.1. The number of halogens is 1. The monoisotopic (exact) mass is 194 g/mol. The van der Waals surface area contributed by atoms with E-state index in [1.165, 1.54) is 0 Å². The second-order valence-electron chi connectivity index (χ2n) is 4.72. The van der Waals surface area contributed by atoms with Crippen LogP contribution in [0, 0.1) is 5.92 Å². The zero-order chi connectivity index (χ0) is 10.9. The van der Waals surface area contributed by atoms with E-state index in [1.807, 2.05) is 19.9 Å². The van der Waals surface area contributed by atoms with Gasteiger partial charge in [-0.05, 0) is 50.7 Å². The van der Waals surface area contributed by atoms with Gasteiger partial charge in [0.15, 0.2) is 0 Å². The first-order valence-electron chi connectivity index (χ1n) is 5.04. The molecule has 1 heteroatoms. The maximum Gasteiger partial charge on any atom is 0.109 e. The fourth-order valence-corrected chi connectivity index (χ4v) is 2.00. The van der Waals surface area contributed by atoms with Gasteiger partial charge in [-0.3, -0.25) is 0 Å². The van der Waals surface area contributed by atoms with E-state index in [2.05, 4.69) is 13.2 Å². The van der Waals surface area contributed by atoms with Crippen molar-refractivity contribution in [2.24, 2.45) is 5.92 Å². The summed E-state index contributed by atoms with van der Waals surface area (Å²) in [6.07, 6.45) is 3.25. The van der Waals surface area contributed by atoms with Crippen LogP contribution in [0.5, 0.6) is 0 Å². The molecule has 1 rings (SSSR count). The van der Waals surface area contributed by atoms with Crippen LogP contribution in [0.2, 0.25) is 0 Å². The van der Waals surface area contributed by atoms with Gasteiger partial charge in [-0.15, -0.1) is 0 Å². The van der Waals surface area contributed by atoms with Crippen molar-refractivity contribution in [3.8, 4) is 0 Å². The Morgan fingerprint density at radius 2 is 1.86 bits per heavy atom. The van der Waals surface area contributed by atoms with Crippen LogP contribution in [0.25, 0.3) is 0 Å². The van der Waals surface area contributed by atoms with Crippen molar-refractivity contribution >= 4 is 0 Å².